The molecule has 0 unspecified atom stereocenters. The quantitative estimate of drug-likeness (QED) is 0.868. The molecule has 136 valence electrons. The SMILES string of the molecule is O=C(N1C[C@H]2CCC[C@@H](O)[C@H]2C1)C1(S(=O)(=O)c2ccc(Cl)cc2)CC1. The van der Waals surface area contributed by atoms with Crippen molar-refractivity contribution >= 4 is 27.3 Å². The topological polar surface area (TPSA) is 74.7 Å². The summed E-state index contributed by atoms with van der Waals surface area (Å²) in [4.78, 5) is 14.9. The average Bonchev–Trinajstić information content (AvgIpc) is 3.29. The first-order chi connectivity index (χ1) is 11.8. The Labute approximate surface area is 152 Å². The molecule has 25 heavy (non-hydrogen) atoms. The van der Waals surface area contributed by atoms with E-state index in [-0.39, 0.29) is 22.8 Å². The number of fused-ring (bicyclic) bond motifs is 1. The zero-order chi connectivity index (χ0) is 17.8. The highest BCUT2D eigenvalue weighted by Crippen LogP contribution is 2.49. The largest absolute Gasteiger partial charge is 0.393 e. The van der Waals surface area contributed by atoms with E-state index < -0.39 is 14.6 Å². The lowest BCUT2D eigenvalue weighted by Crippen LogP contribution is -2.44. The number of hydrogen-bond donors (Lipinski definition) is 1. The normalized spacial score (nSPS) is 30.8. The molecule has 3 fully saturated rings. The second-order valence-electron chi connectivity index (χ2n) is 7.58. The third-order valence-electron chi connectivity index (χ3n) is 6.08. The molecule has 1 aliphatic heterocycles. The molecule has 0 aromatic heterocycles. The van der Waals surface area contributed by atoms with E-state index in [9.17, 15) is 18.3 Å². The van der Waals surface area contributed by atoms with E-state index in [2.05, 4.69) is 0 Å². The van der Waals surface area contributed by atoms with Gasteiger partial charge in [0, 0.05) is 24.0 Å². The first-order valence-corrected chi connectivity index (χ1v) is 10.7. The second kappa shape index (κ2) is 5.96. The maximum absolute atomic E-state index is 13.1. The van der Waals surface area contributed by atoms with Crippen molar-refractivity contribution in [3.05, 3.63) is 29.3 Å². The van der Waals surface area contributed by atoms with Gasteiger partial charge in [-0.25, -0.2) is 8.42 Å². The monoisotopic (exact) mass is 383 g/mol. The van der Waals surface area contributed by atoms with Crippen LogP contribution in [0.2, 0.25) is 5.02 Å². The summed E-state index contributed by atoms with van der Waals surface area (Å²) in [5.74, 6) is 0.0949. The van der Waals surface area contributed by atoms with Crippen LogP contribution in [0.15, 0.2) is 29.2 Å². The van der Waals surface area contributed by atoms with Crippen LogP contribution in [-0.4, -0.2) is 48.3 Å². The van der Waals surface area contributed by atoms with Crippen LogP contribution in [0.25, 0.3) is 0 Å². The standard InChI is InChI=1S/C18H22ClNO4S/c19-13-4-6-14(7-5-13)25(23,24)18(8-9-18)17(22)20-10-12-2-1-3-16(21)15(12)11-20/h4-7,12,15-16,21H,1-3,8-11H2/t12-,15+,16-/m1/s1. The van der Waals surface area contributed by atoms with Crippen LogP contribution >= 0.6 is 11.6 Å². The van der Waals surface area contributed by atoms with Crippen molar-refractivity contribution < 1.29 is 18.3 Å². The Morgan fingerprint density at radius 2 is 1.84 bits per heavy atom. The summed E-state index contributed by atoms with van der Waals surface area (Å²) in [6.07, 6.45) is 3.11. The lowest BCUT2D eigenvalue weighted by Gasteiger charge is -2.28. The Balaban J connectivity index is 1.58. The number of nitrogens with zero attached hydrogens (tertiary/aromatic N) is 1. The van der Waals surface area contributed by atoms with Gasteiger partial charge in [0.15, 0.2) is 14.6 Å². The Kier molecular flexibility index (Phi) is 4.13. The van der Waals surface area contributed by atoms with Gasteiger partial charge in [-0.1, -0.05) is 18.0 Å². The van der Waals surface area contributed by atoms with Gasteiger partial charge in [0.1, 0.15) is 0 Å². The predicted octanol–water partition coefficient (Wildman–Crippen LogP) is 2.27. The maximum atomic E-state index is 13.1. The number of carbonyl (C=O) groups is 1. The van der Waals surface area contributed by atoms with Gasteiger partial charge in [-0.05, 0) is 55.9 Å². The maximum Gasteiger partial charge on any atom is 0.244 e. The van der Waals surface area contributed by atoms with Crippen LogP contribution in [0, 0.1) is 11.8 Å². The second-order valence-corrected chi connectivity index (χ2v) is 10.3. The fourth-order valence-electron chi connectivity index (χ4n) is 4.45. The van der Waals surface area contributed by atoms with Crippen LogP contribution in [0.3, 0.4) is 0 Å². The predicted molar refractivity (Wildman–Crippen MR) is 94.0 cm³/mol. The number of sulfone groups is 1. The van der Waals surface area contributed by atoms with E-state index in [4.69, 9.17) is 11.6 Å². The van der Waals surface area contributed by atoms with Crippen molar-refractivity contribution in [3.63, 3.8) is 0 Å². The average molecular weight is 384 g/mol. The smallest absolute Gasteiger partial charge is 0.244 e. The van der Waals surface area contributed by atoms with E-state index in [1.54, 1.807) is 4.90 Å². The number of halogens is 1. The highest BCUT2D eigenvalue weighted by Gasteiger charge is 2.63. The summed E-state index contributed by atoms with van der Waals surface area (Å²) in [5.41, 5.74) is 0. The number of likely N-dealkylation sites (tertiary alicyclic amines) is 1. The Bertz CT molecular complexity index is 788. The molecule has 1 N–H and O–H groups in total. The molecule has 3 aliphatic rings. The Hall–Kier alpha value is -1.11. The lowest BCUT2D eigenvalue weighted by molar-refractivity contribution is -0.130. The van der Waals surface area contributed by atoms with Gasteiger partial charge >= 0.3 is 0 Å². The zero-order valence-electron chi connectivity index (χ0n) is 13.9. The summed E-state index contributed by atoms with van der Waals surface area (Å²) in [5, 5.41) is 10.7. The van der Waals surface area contributed by atoms with Gasteiger partial charge in [-0.3, -0.25) is 4.79 Å². The molecule has 0 radical (unpaired) electrons. The number of aliphatic hydroxyl groups is 1. The number of hydrogen-bond acceptors (Lipinski definition) is 4. The van der Waals surface area contributed by atoms with Gasteiger partial charge in [-0.2, -0.15) is 0 Å². The Morgan fingerprint density at radius 1 is 1.16 bits per heavy atom. The molecular formula is C18H22ClNO4S. The molecule has 1 aromatic rings. The van der Waals surface area contributed by atoms with Crippen LogP contribution in [0.5, 0.6) is 0 Å². The molecule has 5 nitrogen and oxygen atoms in total. The Morgan fingerprint density at radius 3 is 2.44 bits per heavy atom. The van der Waals surface area contributed by atoms with Crippen LogP contribution in [0.4, 0.5) is 0 Å². The van der Waals surface area contributed by atoms with E-state index in [1.165, 1.54) is 24.3 Å². The summed E-state index contributed by atoms with van der Waals surface area (Å²) in [6, 6.07) is 6.02. The van der Waals surface area contributed by atoms with Gasteiger partial charge in [0.25, 0.3) is 0 Å². The third-order valence-corrected chi connectivity index (χ3v) is 8.84. The fraction of sp³-hybridized carbons (Fsp3) is 0.611. The molecule has 0 bridgehead atoms. The molecule has 0 spiro atoms. The molecule has 1 amide bonds. The first-order valence-electron chi connectivity index (χ1n) is 8.83. The highest BCUT2D eigenvalue weighted by molar-refractivity contribution is 7.94. The molecule has 4 rings (SSSR count). The third kappa shape index (κ3) is 2.69. The van der Waals surface area contributed by atoms with E-state index >= 15 is 0 Å². The fourth-order valence-corrected chi connectivity index (χ4v) is 6.52. The summed E-state index contributed by atoms with van der Waals surface area (Å²) in [7, 11) is -3.74. The minimum Gasteiger partial charge on any atom is -0.393 e. The molecule has 7 heteroatoms. The van der Waals surface area contributed by atoms with Gasteiger partial charge < -0.3 is 10.0 Å². The van der Waals surface area contributed by atoms with Crippen LogP contribution in [-0.2, 0) is 14.6 Å². The van der Waals surface area contributed by atoms with Crippen LogP contribution < -0.4 is 0 Å². The van der Waals surface area contributed by atoms with Crippen molar-refractivity contribution in [1.82, 2.24) is 4.90 Å². The summed E-state index contributed by atoms with van der Waals surface area (Å²) < 4.78 is 24.8. The molecule has 3 atom stereocenters. The van der Waals surface area contributed by atoms with Crippen molar-refractivity contribution in [3.8, 4) is 0 Å². The first kappa shape index (κ1) is 17.3. The number of amides is 1. The van der Waals surface area contributed by atoms with E-state index in [0.717, 1.165) is 19.3 Å². The minimum atomic E-state index is -3.74. The number of benzene rings is 1. The van der Waals surface area contributed by atoms with Crippen molar-refractivity contribution in [2.45, 2.75) is 47.9 Å². The minimum absolute atomic E-state index is 0.0896. The molecule has 2 aliphatic carbocycles. The number of carbonyl (C=O) groups excluding carboxylic acids is 1. The summed E-state index contributed by atoms with van der Waals surface area (Å²) >= 11 is 5.85. The number of aliphatic hydroxyl groups excluding tert-OH is 1. The summed E-state index contributed by atoms with van der Waals surface area (Å²) in [6.45, 7) is 1.04. The number of rotatable bonds is 3. The van der Waals surface area contributed by atoms with Gasteiger partial charge in [-0.15, -0.1) is 0 Å². The van der Waals surface area contributed by atoms with E-state index in [1.807, 2.05) is 0 Å². The van der Waals surface area contributed by atoms with Crippen LogP contribution in [0.1, 0.15) is 32.1 Å². The zero-order valence-corrected chi connectivity index (χ0v) is 15.5. The lowest BCUT2D eigenvalue weighted by atomic mass is 9.80. The van der Waals surface area contributed by atoms with E-state index in [0.29, 0.717) is 36.9 Å². The van der Waals surface area contributed by atoms with Crippen molar-refractivity contribution in [1.29, 1.82) is 0 Å². The van der Waals surface area contributed by atoms with Crippen molar-refractivity contribution in [2.75, 3.05) is 13.1 Å². The van der Waals surface area contributed by atoms with Crippen molar-refractivity contribution in [2.24, 2.45) is 11.8 Å². The molecule has 1 aromatic carbocycles. The molecular weight excluding hydrogens is 362 g/mol. The highest BCUT2D eigenvalue weighted by atomic mass is 35.5. The molecule has 1 saturated heterocycles. The molecule has 2 saturated carbocycles. The van der Waals surface area contributed by atoms with Gasteiger partial charge in [0.05, 0.1) is 11.0 Å². The molecule has 1 heterocycles. The van der Waals surface area contributed by atoms with Gasteiger partial charge in [0.2, 0.25) is 5.91 Å².